The Bertz CT molecular complexity index is 775. The first kappa shape index (κ1) is 15.2. The van der Waals surface area contributed by atoms with Gasteiger partial charge in [0.1, 0.15) is 0 Å². The van der Waals surface area contributed by atoms with Crippen LogP contribution in [0.5, 0.6) is 0 Å². The molecule has 4 nitrogen and oxygen atoms in total. The molecule has 1 atom stereocenters. The first-order valence-corrected chi connectivity index (χ1v) is 8.85. The highest BCUT2D eigenvalue weighted by Gasteiger charge is 2.32. The van der Waals surface area contributed by atoms with E-state index in [4.69, 9.17) is 0 Å². The average molecular weight is 321 g/mol. The fourth-order valence-corrected chi connectivity index (χ4v) is 4.07. The number of carbonyl (C=O) groups excluding carboxylic acids is 1. The smallest absolute Gasteiger partial charge is 0.261 e. The Hall–Kier alpha value is -2.36. The molecule has 4 rings (SSSR count). The molecule has 1 aromatic heterocycles. The van der Waals surface area contributed by atoms with Gasteiger partial charge in [-0.3, -0.25) is 9.48 Å². The highest BCUT2D eigenvalue weighted by molar-refractivity contribution is 6.00. The van der Waals surface area contributed by atoms with Gasteiger partial charge in [-0.15, -0.1) is 0 Å². The number of rotatable bonds is 2. The van der Waals surface area contributed by atoms with Crippen molar-refractivity contribution in [3.05, 3.63) is 53.9 Å². The predicted octanol–water partition coefficient (Wildman–Crippen LogP) is 4.01. The number of carbonyl (C=O) groups is 1. The summed E-state index contributed by atoms with van der Waals surface area (Å²) in [5.74, 6) is 0.660. The van der Waals surface area contributed by atoms with Crippen LogP contribution in [0.2, 0.25) is 0 Å². The summed E-state index contributed by atoms with van der Waals surface area (Å²) in [7, 11) is 1.90. The lowest BCUT2D eigenvalue weighted by Crippen LogP contribution is -2.39. The number of aryl methyl sites for hydroxylation is 1. The largest absolute Gasteiger partial charge is 0.312 e. The van der Waals surface area contributed by atoms with Crippen molar-refractivity contribution >= 4 is 5.91 Å². The Balaban J connectivity index is 1.72. The van der Waals surface area contributed by atoms with E-state index in [2.05, 4.69) is 11.2 Å². The molecule has 1 aliphatic carbocycles. The summed E-state index contributed by atoms with van der Waals surface area (Å²) in [6, 6.07) is 10.1. The lowest BCUT2D eigenvalue weighted by Gasteiger charge is -2.38. The number of likely N-dealkylation sites (tertiary alicyclic amines) is 1. The number of hydrogen-bond donors (Lipinski definition) is 0. The zero-order valence-electron chi connectivity index (χ0n) is 14.1. The van der Waals surface area contributed by atoms with Crippen LogP contribution in [-0.4, -0.2) is 27.1 Å². The lowest BCUT2D eigenvalue weighted by molar-refractivity contribution is 0.0749. The zero-order valence-corrected chi connectivity index (χ0v) is 14.1. The Morgan fingerprint density at radius 1 is 1.17 bits per heavy atom. The normalized spacial score (nSPS) is 20.5. The van der Waals surface area contributed by atoms with E-state index in [1.54, 1.807) is 10.9 Å². The number of amides is 1. The predicted molar refractivity (Wildman–Crippen MR) is 94.3 cm³/mol. The van der Waals surface area contributed by atoms with Crippen LogP contribution >= 0.6 is 0 Å². The van der Waals surface area contributed by atoms with Crippen molar-refractivity contribution in [3.8, 4) is 11.3 Å². The van der Waals surface area contributed by atoms with Crippen LogP contribution in [-0.2, 0) is 7.05 Å². The number of fused-ring (bicyclic) bond motifs is 1. The maximum absolute atomic E-state index is 13.3. The van der Waals surface area contributed by atoms with Crippen molar-refractivity contribution in [2.75, 3.05) is 6.54 Å². The third-order valence-electron chi connectivity index (χ3n) is 5.24. The van der Waals surface area contributed by atoms with Crippen LogP contribution in [0.4, 0.5) is 0 Å². The number of aromatic nitrogens is 2. The molecule has 1 unspecified atom stereocenters. The van der Waals surface area contributed by atoms with E-state index >= 15 is 0 Å². The molecule has 2 aromatic rings. The van der Waals surface area contributed by atoms with Crippen LogP contribution in [0.15, 0.2) is 48.3 Å². The second kappa shape index (κ2) is 6.27. The molecule has 2 aliphatic rings. The fourth-order valence-electron chi connectivity index (χ4n) is 4.07. The van der Waals surface area contributed by atoms with Gasteiger partial charge in [0, 0.05) is 24.9 Å². The Morgan fingerprint density at radius 3 is 2.79 bits per heavy atom. The maximum Gasteiger partial charge on any atom is 0.261 e. The quantitative estimate of drug-likeness (QED) is 0.838. The molecule has 0 radical (unpaired) electrons. The first-order chi connectivity index (χ1) is 11.8. The van der Waals surface area contributed by atoms with Gasteiger partial charge in [-0.2, -0.15) is 5.10 Å². The van der Waals surface area contributed by atoms with Crippen molar-refractivity contribution < 1.29 is 4.79 Å². The minimum Gasteiger partial charge on any atom is -0.312 e. The fraction of sp³-hybridized carbons (Fsp3) is 0.400. The molecule has 1 fully saturated rings. The highest BCUT2D eigenvalue weighted by Crippen LogP contribution is 2.36. The summed E-state index contributed by atoms with van der Waals surface area (Å²) in [5.41, 5.74) is 3.89. The van der Waals surface area contributed by atoms with Gasteiger partial charge in [0.2, 0.25) is 0 Å². The standard InChI is InChI=1S/C20H23N3O/c1-22-19(16-9-3-2-4-10-16)17(14-21-22)20(24)23-13-7-11-15-8-5-6-12-18(15)23/h2-4,9-10,12,14-15H,5-8,11,13H2,1H3. The maximum atomic E-state index is 13.3. The minimum atomic E-state index is 0.0970. The van der Waals surface area contributed by atoms with E-state index in [1.807, 2.05) is 42.3 Å². The van der Waals surface area contributed by atoms with Crippen LogP contribution in [0, 0.1) is 5.92 Å². The van der Waals surface area contributed by atoms with E-state index in [-0.39, 0.29) is 5.91 Å². The molecule has 4 heteroatoms. The van der Waals surface area contributed by atoms with Gasteiger partial charge in [0.25, 0.3) is 5.91 Å². The van der Waals surface area contributed by atoms with E-state index in [0.29, 0.717) is 11.5 Å². The first-order valence-electron chi connectivity index (χ1n) is 8.85. The van der Waals surface area contributed by atoms with E-state index in [0.717, 1.165) is 30.6 Å². The van der Waals surface area contributed by atoms with Crippen molar-refractivity contribution in [2.45, 2.75) is 32.1 Å². The summed E-state index contributed by atoms with van der Waals surface area (Å²) in [6.07, 6.45) is 9.87. The number of nitrogens with zero attached hydrogens (tertiary/aromatic N) is 3. The van der Waals surface area contributed by atoms with Crippen molar-refractivity contribution in [1.29, 1.82) is 0 Å². The molecule has 1 aromatic carbocycles. The SMILES string of the molecule is Cn1ncc(C(=O)N2CCCC3CCCC=C32)c1-c1ccccc1. The Labute approximate surface area is 142 Å². The molecule has 24 heavy (non-hydrogen) atoms. The monoisotopic (exact) mass is 321 g/mol. The third-order valence-corrected chi connectivity index (χ3v) is 5.24. The summed E-state index contributed by atoms with van der Waals surface area (Å²) < 4.78 is 1.80. The summed E-state index contributed by atoms with van der Waals surface area (Å²) in [6.45, 7) is 0.824. The van der Waals surface area contributed by atoms with Gasteiger partial charge < -0.3 is 4.90 Å². The molecule has 1 saturated heterocycles. The van der Waals surface area contributed by atoms with E-state index < -0.39 is 0 Å². The summed E-state index contributed by atoms with van der Waals surface area (Å²) >= 11 is 0. The van der Waals surface area contributed by atoms with Gasteiger partial charge >= 0.3 is 0 Å². The molecule has 124 valence electrons. The van der Waals surface area contributed by atoms with Crippen LogP contribution in [0.25, 0.3) is 11.3 Å². The number of hydrogen-bond acceptors (Lipinski definition) is 2. The molecule has 1 aliphatic heterocycles. The van der Waals surface area contributed by atoms with Gasteiger partial charge in [-0.05, 0) is 38.0 Å². The highest BCUT2D eigenvalue weighted by atomic mass is 16.2. The van der Waals surface area contributed by atoms with Gasteiger partial charge in [-0.25, -0.2) is 0 Å². The summed E-state index contributed by atoms with van der Waals surface area (Å²) in [5, 5.41) is 4.36. The Kier molecular flexibility index (Phi) is 3.97. The third kappa shape index (κ3) is 2.56. The summed E-state index contributed by atoms with van der Waals surface area (Å²) in [4.78, 5) is 15.3. The lowest BCUT2D eigenvalue weighted by atomic mass is 9.84. The molecule has 0 N–H and O–H groups in total. The second-order valence-corrected chi connectivity index (χ2v) is 6.75. The van der Waals surface area contributed by atoms with E-state index in [1.165, 1.54) is 25.0 Å². The molecule has 0 bridgehead atoms. The van der Waals surface area contributed by atoms with Gasteiger partial charge in [-0.1, -0.05) is 36.4 Å². The second-order valence-electron chi connectivity index (χ2n) is 6.75. The van der Waals surface area contributed by atoms with Crippen molar-refractivity contribution in [2.24, 2.45) is 13.0 Å². The van der Waals surface area contributed by atoms with Gasteiger partial charge in [0.15, 0.2) is 0 Å². The molecular formula is C20H23N3O. The molecular weight excluding hydrogens is 298 g/mol. The topological polar surface area (TPSA) is 38.1 Å². The van der Waals surface area contributed by atoms with Crippen LogP contribution < -0.4 is 0 Å². The van der Waals surface area contributed by atoms with Crippen LogP contribution in [0.3, 0.4) is 0 Å². The number of benzene rings is 1. The minimum absolute atomic E-state index is 0.0970. The number of allylic oxidation sites excluding steroid dienone is 2. The average Bonchev–Trinajstić information content (AvgIpc) is 3.03. The van der Waals surface area contributed by atoms with Crippen molar-refractivity contribution in [1.82, 2.24) is 14.7 Å². The molecule has 2 heterocycles. The number of piperidine rings is 1. The molecule has 0 spiro atoms. The molecule has 1 amide bonds. The van der Waals surface area contributed by atoms with Gasteiger partial charge in [0.05, 0.1) is 17.5 Å². The van der Waals surface area contributed by atoms with Crippen molar-refractivity contribution in [3.63, 3.8) is 0 Å². The van der Waals surface area contributed by atoms with Crippen LogP contribution in [0.1, 0.15) is 42.5 Å². The molecule has 0 saturated carbocycles. The Morgan fingerprint density at radius 2 is 1.96 bits per heavy atom. The van der Waals surface area contributed by atoms with E-state index in [9.17, 15) is 4.79 Å². The zero-order chi connectivity index (χ0) is 16.5.